The fraction of sp³-hybridized carbons (Fsp3) is 0.0769. The number of hydrogen-bond donors (Lipinski definition) is 1. The number of ether oxygens (including phenoxy) is 1. The van der Waals surface area contributed by atoms with Crippen LogP contribution in [0.25, 0.3) is 22.4 Å². The number of benzene rings is 3. The highest BCUT2D eigenvalue weighted by Gasteiger charge is 2.13. The summed E-state index contributed by atoms with van der Waals surface area (Å²) in [7, 11) is 0. The summed E-state index contributed by atoms with van der Waals surface area (Å²) in [5, 5.41) is 9.64. The van der Waals surface area contributed by atoms with Crippen LogP contribution in [-0.2, 0) is 6.61 Å². The summed E-state index contributed by atoms with van der Waals surface area (Å²) in [6.45, 7) is 2.54. The van der Waals surface area contributed by atoms with Gasteiger partial charge >= 0.3 is 0 Å². The first-order valence-corrected chi connectivity index (χ1v) is 9.69. The van der Waals surface area contributed by atoms with Gasteiger partial charge in [-0.3, -0.25) is 0 Å². The summed E-state index contributed by atoms with van der Waals surface area (Å²) in [6, 6.07) is 29.9. The number of anilines is 1. The molecule has 0 aliphatic carbocycles. The quantitative estimate of drug-likeness (QED) is 0.470. The highest BCUT2D eigenvalue weighted by atomic mass is 16.5. The van der Waals surface area contributed by atoms with E-state index in [0.29, 0.717) is 12.2 Å². The van der Waals surface area contributed by atoms with Crippen LogP contribution in [0.4, 0.5) is 5.82 Å². The van der Waals surface area contributed by atoms with Gasteiger partial charge in [-0.1, -0.05) is 66.2 Å². The zero-order valence-corrected chi connectivity index (χ0v) is 16.7. The minimum atomic E-state index is 0.232. The highest BCUT2D eigenvalue weighted by Crippen LogP contribution is 2.32. The maximum absolute atomic E-state index is 9.64. The van der Waals surface area contributed by atoms with E-state index in [1.54, 1.807) is 0 Å². The van der Waals surface area contributed by atoms with Crippen molar-refractivity contribution in [2.75, 3.05) is 5.73 Å². The molecule has 30 heavy (non-hydrogen) atoms. The first kappa shape index (κ1) is 19.2. The topological polar surface area (TPSA) is 71.9 Å². The standard InChI is InChI=1S/C26H21N3O/c1-18-6-5-9-21(14-18)25-15-23(24(16-27)26(28)29-25)20-10-12-22(13-11-20)30-17-19-7-3-2-4-8-19/h2-15H,17H2,1H3,(H2,28,29). The van der Waals surface area contributed by atoms with Crippen molar-refractivity contribution in [2.24, 2.45) is 0 Å². The van der Waals surface area contributed by atoms with Gasteiger partial charge in [0, 0.05) is 11.1 Å². The molecule has 1 heterocycles. The monoisotopic (exact) mass is 391 g/mol. The molecular weight excluding hydrogens is 370 g/mol. The first-order chi connectivity index (χ1) is 14.6. The molecule has 0 spiro atoms. The minimum absolute atomic E-state index is 0.232. The third-order valence-electron chi connectivity index (χ3n) is 4.89. The second-order valence-corrected chi connectivity index (χ2v) is 7.10. The lowest BCUT2D eigenvalue weighted by atomic mass is 9.98. The van der Waals surface area contributed by atoms with E-state index in [9.17, 15) is 5.26 Å². The molecule has 2 N–H and O–H groups in total. The number of aryl methyl sites for hydroxylation is 1. The van der Waals surface area contributed by atoms with Crippen molar-refractivity contribution in [3.63, 3.8) is 0 Å². The van der Waals surface area contributed by atoms with E-state index in [-0.39, 0.29) is 5.82 Å². The lowest BCUT2D eigenvalue weighted by Gasteiger charge is -2.12. The van der Waals surface area contributed by atoms with Crippen LogP contribution in [-0.4, -0.2) is 4.98 Å². The van der Waals surface area contributed by atoms with Gasteiger partial charge < -0.3 is 10.5 Å². The van der Waals surface area contributed by atoms with Crippen molar-refractivity contribution in [1.82, 2.24) is 4.98 Å². The van der Waals surface area contributed by atoms with Crippen molar-refractivity contribution in [1.29, 1.82) is 5.26 Å². The van der Waals surface area contributed by atoms with E-state index in [1.165, 1.54) is 0 Å². The summed E-state index contributed by atoms with van der Waals surface area (Å²) >= 11 is 0. The molecule has 4 rings (SSSR count). The second-order valence-electron chi connectivity index (χ2n) is 7.10. The summed E-state index contributed by atoms with van der Waals surface area (Å²) in [5.74, 6) is 0.998. The summed E-state index contributed by atoms with van der Waals surface area (Å²) < 4.78 is 5.87. The van der Waals surface area contributed by atoms with Crippen LogP contribution < -0.4 is 10.5 Å². The minimum Gasteiger partial charge on any atom is -0.489 e. The molecule has 4 aromatic rings. The molecule has 0 atom stereocenters. The number of nitriles is 1. The maximum atomic E-state index is 9.64. The Hall–Kier alpha value is -4.10. The van der Waals surface area contributed by atoms with Gasteiger partial charge in [0.2, 0.25) is 0 Å². The average Bonchev–Trinajstić information content (AvgIpc) is 2.78. The molecule has 0 radical (unpaired) electrons. The normalized spacial score (nSPS) is 10.4. The van der Waals surface area contributed by atoms with Gasteiger partial charge in [0.15, 0.2) is 0 Å². The molecule has 0 saturated heterocycles. The van der Waals surface area contributed by atoms with Gasteiger partial charge in [-0.25, -0.2) is 4.98 Å². The van der Waals surface area contributed by atoms with Crippen molar-refractivity contribution in [2.45, 2.75) is 13.5 Å². The molecule has 0 aliphatic rings. The molecule has 0 unspecified atom stereocenters. The molecule has 0 saturated carbocycles. The molecule has 146 valence electrons. The Labute approximate surface area is 176 Å². The number of rotatable bonds is 5. The van der Waals surface area contributed by atoms with E-state index in [1.807, 2.05) is 85.8 Å². The fourth-order valence-electron chi connectivity index (χ4n) is 3.33. The lowest BCUT2D eigenvalue weighted by molar-refractivity contribution is 0.306. The molecule has 1 aromatic heterocycles. The van der Waals surface area contributed by atoms with Crippen LogP contribution in [0.2, 0.25) is 0 Å². The maximum Gasteiger partial charge on any atom is 0.142 e. The number of pyridine rings is 1. The summed E-state index contributed by atoms with van der Waals surface area (Å²) in [5.41, 5.74) is 12.1. The number of nitrogen functional groups attached to an aromatic ring is 1. The SMILES string of the molecule is Cc1cccc(-c2cc(-c3ccc(OCc4ccccc4)cc3)c(C#N)c(N)n2)c1. The Kier molecular flexibility index (Phi) is 5.45. The second kappa shape index (κ2) is 8.50. The third kappa shape index (κ3) is 4.16. The third-order valence-corrected chi connectivity index (χ3v) is 4.89. The van der Waals surface area contributed by atoms with Crippen LogP contribution >= 0.6 is 0 Å². The number of nitrogens with two attached hydrogens (primary N) is 1. The lowest BCUT2D eigenvalue weighted by Crippen LogP contribution is -2.00. The van der Waals surface area contributed by atoms with Crippen molar-refractivity contribution in [3.8, 4) is 34.2 Å². The predicted octanol–water partition coefficient (Wildman–Crippen LogP) is 5.76. The molecule has 0 bridgehead atoms. The van der Waals surface area contributed by atoms with Gasteiger partial charge in [0.25, 0.3) is 0 Å². The predicted molar refractivity (Wildman–Crippen MR) is 120 cm³/mol. The van der Waals surface area contributed by atoms with Crippen molar-refractivity contribution >= 4 is 5.82 Å². The van der Waals surface area contributed by atoms with E-state index in [4.69, 9.17) is 10.5 Å². The van der Waals surface area contributed by atoms with E-state index < -0.39 is 0 Å². The molecule has 0 fully saturated rings. The zero-order chi connectivity index (χ0) is 20.9. The van der Waals surface area contributed by atoms with Gasteiger partial charge in [-0.2, -0.15) is 5.26 Å². The highest BCUT2D eigenvalue weighted by molar-refractivity contribution is 5.80. The molecular formula is C26H21N3O. The fourth-order valence-corrected chi connectivity index (χ4v) is 3.33. The molecule has 3 aromatic carbocycles. The molecule has 0 aliphatic heterocycles. The Morgan fingerprint density at radius 3 is 2.37 bits per heavy atom. The zero-order valence-electron chi connectivity index (χ0n) is 16.7. The Morgan fingerprint density at radius 2 is 1.67 bits per heavy atom. The number of hydrogen-bond acceptors (Lipinski definition) is 4. The Morgan fingerprint density at radius 1 is 0.900 bits per heavy atom. The van der Waals surface area contributed by atoms with E-state index in [0.717, 1.165) is 39.3 Å². The smallest absolute Gasteiger partial charge is 0.142 e. The number of nitrogens with zero attached hydrogens (tertiary/aromatic N) is 2. The number of aromatic nitrogens is 1. The van der Waals surface area contributed by atoms with E-state index in [2.05, 4.69) is 17.1 Å². The first-order valence-electron chi connectivity index (χ1n) is 9.69. The summed E-state index contributed by atoms with van der Waals surface area (Å²) in [6.07, 6.45) is 0. The van der Waals surface area contributed by atoms with Crippen molar-refractivity contribution < 1.29 is 4.74 Å². The van der Waals surface area contributed by atoms with E-state index >= 15 is 0 Å². The van der Waals surface area contributed by atoms with Gasteiger partial charge in [-0.15, -0.1) is 0 Å². The molecule has 4 heteroatoms. The van der Waals surface area contributed by atoms with Crippen LogP contribution in [0.3, 0.4) is 0 Å². The van der Waals surface area contributed by atoms with Crippen molar-refractivity contribution in [3.05, 3.63) is 102 Å². The average molecular weight is 391 g/mol. The van der Waals surface area contributed by atoms with Crippen LogP contribution in [0.1, 0.15) is 16.7 Å². The molecule has 4 nitrogen and oxygen atoms in total. The summed E-state index contributed by atoms with van der Waals surface area (Å²) in [4.78, 5) is 4.45. The van der Waals surface area contributed by atoms with Gasteiger partial charge in [0.05, 0.1) is 5.69 Å². The van der Waals surface area contributed by atoms with Gasteiger partial charge in [-0.05, 0) is 42.3 Å². The molecule has 0 amide bonds. The van der Waals surface area contributed by atoms with Crippen LogP contribution in [0, 0.1) is 18.3 Å². The Bertz CT molecular complexity index is 1210. The van der Waals surface area contributed by atoms with Crippen LogP contribution in [0.15, 0.2) is 84.9 Å². The largest absolute Gasteiger partial charge is 0.489 e. The Balaban J connectivity index is 1.65. The van der Waals surface area contributed by atoms with Crippen LogP contribution in [0.5, 0.6) is 5.75 Å². The van der Waals surface area contributed by atoms with Gasteiger partial charge in [0.1, 0.15) is 29.8 Å².